The number of hydrogen-bond donors (Lipinski definition) is 5. The molecule has 0 unspecified atom stereocenters. The molecular weight excluding hydrogens is 911 g/mol. The number of likely N-dealkylation sites (N-methyl/N-ethyl adjacent to an activating group) is 2. The number of thioether (sulfide) groups is 1. The van der Waals surface area contributed by atoms with Crippen molar-refractivity contribution in [2.75, 3.05) is 53.6 Å². The zero-order valence-electron chi connectivity index (χ0n) is 43.4. The molecule has 4 heterocycles. The monoisotopic (exact) mass is 994 g/mol. The molecule has 0 amide bonds. The van der Waals surface area contributed by atoms with Gasteiger partial charge in [0.15, 0.2) is 18.7 Å². The number of nitrogens with one attached hydrogen (secondary N) is 1. The first kappa shape index (κ1) is 57.3. The molecule has 3 aliphatic rings. The van der Waals surface area contributed by atoms with Crippen LogP contribution in [0.15, 0.2) is 35.5 Å². The van der Waals surface area contributed by atoms with Crippen molar-refractivity contribution in [1.29, 1.82) is 0 Å². The van der Waals surface area contributed by atoms with E-state index in [1.807, 2.05) is 82.9 Å². The molecule has 392 valence electrons. The van der Waals surface area contributed by atoms with Crippen LogP contribution in [0.2, 0.25) is 0 Å². The number of rotatable bonds is 14. The van der Waals surface area contributed by atoms with Crippen molar-refractivity contribution in [1.82, 2.24) is 25.1 Å². The van der Waals surface area contributed by atoms with Crippen LogP contribution in [0.1, 0.15) is 94.9 Å². The molecule has 3 fully saturated rings. The highest BCUT2D eigenvalue weighted by Crippen LogP contribution is 2.41. The number of para-hydroxylation sites is 2. The van der Waals surface area contributed by atoms with Gasteiger partial charge in [0, 0.05) is 50.4 Å². The molecule has 3 saturated heterocycles. The number of esters is 2. The summed E-state index contributed by atoms with van der Waals surface area (Å²) >= 11 is 1.53. The zero-order chi connectivity index (χ0) is 51.2. The van der Waals surface area contributed by atoms with Crippen molar-refractivity contribution in [3.05, 3.63) is 30.5 Å². The molecular formula is C50H83N5O13S. The summed E-state index contributed by atoms with van der Waals surface area (Å²) in [6.07, 6.45) is -7.00. The summed E-state index contributed by atoms with van der Waals surface area (Å²) in [5, 5.41) is 51.9. The number of methoxy groups -OCH3 is 1. The van der Waals surface area contributed by atoms with Crippen LogP contribution in [0.25, 0.3) is 11.0 Å². The summed E-state index contributed by atoms with van der Waals surface area (Å²) in [5.41, 5.74) is -2.93. The summed E-state index contributed by atoms with van der Waals surface area (Å²) < 4.78 is 44.8. The molecule has 0 saturated carbocycles. The second kappa shape index (κ2) is 24.4. The number of carbonyl (C=O) groups is 2. The highest BCUT2D eigenvalue weighted by Gasteiger charge is 2.53. The lowest BCUT2D eigenvalue weighted by Crippen LogP contribution is -2.61. The third-order valence-electron chi connectivity index (χ3n) is 14.6. The van der Waals surface area contributed by atoms with Gasteiger partial charge in [-0.3, -0.25) is 14.6 Å². The largest absolute Gasteiger partial charge is 0.459 e. The maximum absolute atomic E-state index is 14.5. The average molecular weight is 994 g/mol. The maximum Gasteiger partial charge on any atom is 0.320 e. The highest BCUT2D eigenvalue weighted by molar-refractivity contribution is 7.99. The molecule has 0 aliphatic carbocycles. The second-order valence-corrected chi connectivity index (χ2v) is 22.0. The molecule has 69 heavy (non-hydrogen) atoms. The van der Waals surface area contributed by atoms with Crippen LogP contribution >= 0.6 is 11.8 Å². The Hall–Kier alpha value is -2.63. The van der Waals surface area contributed by atoms with E-state index >= 15 is 0 Å². The fourth-order valence-corrected chi connectivity index (χ4v) is 11.3. The molecule has 1 aromatic heterocycles. The standard InChI is InChI=1S/C50H83N5O13S/c1-15-37-50(10,61)43(58)32(6)55(13)27-28(2)23-48(8,60)44(68-47-41(57)36(54(11)12)22-29(3)63-47)30(4)42(31(5)46(59)65-37)67-40-24-49(9,62-14)45(33(7)64-40)66-39(56)26-51-20-21-69-38-25-52-34-18-16-17-19-35(34)53-38/h16-19,25,28-33,36-37,40-45,47,51,57-58,60-61H,15,20-24,26-27H2,1-14H3/t28-,29-,30-,31-,32-,33+,36+,37+,40+,41-,42+,43-,44-,45+,47+,48-,49-,50-/m1/s1. The van der Waals surface area contributed by atoms with Gasteiger partial charge in [-0.15, -0.1) is 11.8 Å². The van der Waals surface area contributed by atoms with Gasteiger partial charge in [-0.05, 0) is 107 Å². The Balaban J connectivity index is 1.39. The Morgan fingerprint density at radius 2 is 1.68 bits per heavy atom. The summed E-state index contributed by atoms with van der Waals surface area (Å²) in [4.78, 5) is 40.8. The van der Waals surface area contributed by atoms with E-state index in [1.165, 1.54) is 25.8 Å². The van der Waals surface area contributed by atoms with Gasteiger partial charge in [0.2, 0.25) is 0 Å². The smallest absolute Gasteiger partial charge is 0.320 e. The molecule has 18 nitrogen and oxygen atoms in total. The second-order valence-electron chi connectivity index (χ2n) is 20.9. The number of carbonyl (C=O) groups excluding carboxylic acids is 2. The number of cyclic esters (lactones) is 1. The number of nitrogens with zero attached hydrogens (tertiary/aromatic N) is 4. The lowest BCUT2D eigenvalue weighted by Gasteiger charge is -2.49. The van der Waals surface area contributed by atoms with E-state index in [9.17, 15) is 30.0 Å². The molecule has 19 heteroatoms. The summed E-state index contributed by atoms with van der Waals surface area (Å²) in [6, 6.07) is 6.79. The van der Waals surface area contributed by atoms with Crippen LogP contribution in [0.4, 0.5) is 0 Å². The molecule has 1 aromatic carbocycles. The number of aromatic nitrogens is 2. The number of aliphatic hydroxyl groups is 4. The third kappa shape index (κ3) is 14.1. The Labute approximate surface area is 413 Å². The quantitative estimate of drug-likeness (QED) is 0.103. The van der Waals surface area contributed by atoms with Crippen molar-refractivity contribution >= 4 is 34.7 Å². The number of ether oxygens (including phenoxy) is 7. The molecule has 5 rings (SSSR count). The van der Waals surface area contributed by atoms with Gasteiger partial charge in [-0.25, -0.2) is 4.98 Å². The average Bonchev–Trinajstić information content (AvgIpc) is 3.29. The molecule has 18 atom stereocenters. The lowest BCUT2D eigenvalue weighted by atomic mass is 9.77. The molecule has 2 aromatic rings. The van der Waals surface area contributed by atoms with Gasteiger partial charge in [0.1, 0.15) is 34.5 Å². The van der Waals surface area contributed by atoms with E-state index < -0.39 is 102 Å². The lowest BCUT2D eigenvalue weighted by molar-refractivity contribution is -0.318. The first-order valence-electron chi connectivity index (χ1n) is 24.6. The Morgan fingerprint density at radius 1 is 1.00 bits per heavy atom. The van der Waals surface area contributed by atoms with Crippen LogP contribution in [0.5, 0.6) is 0 Å². The number of benzene rings is 1. The number of hydrogen-bond acceptors (Lipinski definition) is 19. The van der Waals surface area contributed by atoms with Gasteiger partial charge in [-0.2, -0.15) is 0 Å². The Kier molecular flexibility index (Phi) is 20.2. The predicted octanol–water partition coefficient (Wildman–Crippen LogP) is 3.78. The van der Waals surface area contributed by atoms with Gasteiger partial charge < -0.3 is 68.7 Å². The molecule has 0 spiro atoms. The number of fused-ring (bicyclic) bond motifs is 1. The number of aliphatic hydroxyl groups excluding tert-OH is 2. The zero-order valence-corrected chi connectivity index (χ0v) is 44.2. The van der Waals surface area contributed by atoms with Crippen LogP contribution in [0, 0.1) is 17.8 Å². The van der Waals surface area contributed by atoms with E-state index in [1.54, 1.807) is 40.8 Å². The van der Waals surface area contributed by atoms with E-state index in [2.05, 4.69) is 15.3 Å². The first-order valence-corrected chi connectivity index (χ1v) is 25.6. The summed E-state index contributed by atoms with van der Waals surface area (Å²) in [7, 11) is 7.12. The van der Waals surface area contributed by atoms with Gasteiger partial charge in [-0.1, -0.05) is 32.9 Å². The minimum absolute atomic E-state index is 0.0581. The van der Waals surface area contributed by atoms with Crippen molar-refractivity contribution in [3.8, 4) is 0 Å². The predicted molar refractivity (Wildman–Crippen MR) is 261 cm³/mol. The van der Waals surface area contributed by atoms with Crippen molar-refractivity contribution in [2.24, 2.45) is 17.8 Å². The SMILES string of the molecule is CC[C@@H]1OC(=O)[C@H](C)[C@@H](O[C@H]2C[C@@](C)(OC)[C@@H](OC(=O)CNCCSc3cnc4ccccc4n3)[C@H](C)O2)[C@@H](C)[C@@H](O[C@@H]2O[C@H](C)C[C@H](N(C)C)[C@H]2O)[C@](C)(O)C[C@@H](C)CN(C)[C@H](C)[C@@H](O)[C@]1(C)O. The van der Waals surface area contributed by atoms with Crippen LogP contribution in [0.3, 0.4) is 0 Å². The topological polar surface area (TPSA) is 224 Å². The normalized spacial score (nSPS) is 40.2. The Bertz CT molecular complexity index is 1970. The van der Waals surface area contributed by atoms with Crippen LogP contribution in [-0.4, -0.2) is 196 Å². The molecule has 3 aliphatic heterocycles. The van der Waals surface area contributed by atoms with Gasteiger partial charge >= 0.3 is 11.9 Å². The molecule has 0 radical (unpaired) electrons. The van der Waals surface area contributed by atoms with Crippen LogP contribution < -0.4 is 5.32 Å². The van der Waals surface area contributed by atoms with Crippen molar-refractivity contribution in [2.45, 2.75) is 190 Å². The summed E-state index contributed by atoms with van der Waals surface area (Å²) in [6.45, 7) is 18.5. The van der Waals surface area contributed by atoms with Gasteiger partial charge in [0.05, 0.1) is 59.7 Å². The van der Waals surface area contributed by atoms with Crippen molar-refractivity contribution < 1.29 is 63.2 Å². The van der Waals surface area contributed by atoms with E-state index in [-0.39, 0.29) is 43.9 Å². The highest BCUT2D eigenvalue weighted by atomic mass is 32.2. The minimum Gasteiger partial charge on any atom is -0.459 e. The fraction of sp³-hybridized carbons (Fsp3) is 0.800. The first-order chi connectivity index (χ1) is 32.3. The third-order valence-corrected chi connectivity index (χ3v) is 15.5. The van der Waals surface area contributed by atoms with E-state index in [4.69, 9.17) is 33.2 Å². The summed E-state index contributed by atoms with van der Waals surface area (Å²) in [5.74, 6) is -2.64. The van der Waals surface area contributed by atoms with Crippen molar-refractivity contribution in [3.63, 3.8) is 0 Å². The van der Waals surface area contributed by atoms with E-state index in [0.717, 1.165) is 16.1 Å². The molecule has 0 bridgehead atoms. The van der Waals surface area contributed by atoms with E-state index in [0.29, 0.717) is 25.3 Å². The minimum atomic E-state index is -1.84. The van der Waals surface area contributed by atoms with Crippen LogP contribution in [-0.2, 0) is 42.7 Å². The maximum atomic E-state index is 14.5. The molecule has 5 N–H and O–H groups in total. The fourth-order valence-electron chi connectivity index (χ4n) is 10.6. The van der Waals surface area contributed by atoms with Gasteiger partial charge in [0.25, 0.3) is 0 Å². The Morgan fingerprint density at radius 3 is 2.33 bits per heavy atom.